The van der Waals surface area contributed by atoms with Gasteiger partial charge >= 0.3 is 11.9 Å². The molecule has 0 aliphatic heterocycles. The number of carbonyl (C=O) groups excluding carboxylic acids is 2. The summed E-state index contributed by atoms with van der Waals surface area (Å²) in [7, 11) is 0. The van der Waals surface area contributed by atoms with Gasteiger partial charge in [-0.1, -0.05) is 63.8 Å². The third kappa shape index (κ3) is 16.5. The highest BCUT2D eigenvalue weighted by molar-refractivity contribution is 5.91. The topological polar surface area (TPSA) is 52.6 Å². The van der Waals surface area contributed by atoms with E-state index in [1.165, 1.54) is 25.7 Å². The van der Waals surface area contributed by atoms with Gasteiger partial charge in [-0.3, -0.25) is 0 Å². The number of hydrogen-bond donors (Lipinski definition) is 0. The summed E-state index contributed by atoms with van der Waals surface area (Å²) in [6.07, 6.45) is 19.0. The Bertz CT molecular complexity index is 370. The number of hydrogen-bond acceptors (Lipinski definition) is 4. The highest BCUT2D eigenvalue weighted by atomic mass is 16.5. The molecule has 0 saturated heterocycles. The molecule has 0 fully saturated rings. The fraction of sp³-hybridized carbons (Fsp3) is 0.600. The molecule has 0 rings (SSSR count). The van der Waals surface area contributed by atoms with Gasteiger partial charge in [0.2, 0.25) is 0 Å². The average Bonchev–Trinajstić information content (AvgIpc) is 2.58. The number of allylic oxidation sites excluding steroid dienone is 2. The minimum Gasteiger partial charge on any atom is -0.458 e. The molecule has 0 aliphatic rings. The van der Waals surface area contributed by atoms with Gasteiger partial charge in [0.15, 0.2) is 0 Å². The van der Waals surface area contributed by atoms with Crippen LogP contribution in [0, 0.1) is 0 Å². The lowest BCUT2D eigenvalue weighted by atomic mass is 10.2. The van der Waals surface area contributed by atoms with Gasteiger partial charge in [-0.15, -0.1) is 0 Å². The van der Waals surface area contributed by atoms with E-state index in [1.54, 1.807) is 0 Å². The van der Waals surface area contributed by atoms with Crippen LogP contribution in [-0.4, -0.2) is 25.2 Å². The van der Waals surface area contributed by atoms with Crippen molar-refractivity contribution in [3.05, 3.63) is 36.5 Å². The van der Waals surface area contributed by atoms with Crippen molar-refractivity contribution in [1.82, 2.24) is 0 Å². The fourth-order valence-electron chi connectivity index (χ4n) is 1.89. The smallest absolute Gasteiger partial charge is 0.331 e. The summed E-state index contributed by atoms with van der Waals surface area (Å²) in [6.45, 7) is 4.77. The summed E-state index contributed by atoms with van der Waals surface area (Å²) in [5.74, 6) is -1.08. The summed E-state index contributed by atoms with van der Waals surface area (Å²) in [5, 5.41) is 0. The minimum absolute atomic E-state index is 0.227. The zero-order valence-corrected chi connectivity index (χ0v) is 15.2. The predicted molar refractivity (Wildman–Crippen MR) is 97.6 cm³/mol. The van der Waals surface area contributed by atoms with Gasteiger partial charge < -0.3 is 9.47 Å². The summed E-state index contributed by atoms with van der Waals surface area (Å²) in [5.41, 5.74) is 0. The summed E-state index contributed by atoms with van der Waals surface area (Å²) in [6, 6.07) is 0. The van der Waals surface area contributed by atoms with Crippen molar-refractivity contribution in [1.29, 1.82) is 0 Å². The molecule has 0 unspecified atom stereocenters. The first-order valence-electron chi connectivity index (χ1n) is 9.02. The summed E-state index contributed by atoms with van der Waals surface area (Å²) < 4.78 is 9.89. The Balaban J connectivity index is 3.68. The number of esters is 2. The van der Waals surface area contributed by atoms with Gasteiger partial charge in [0.05, 0.1) is 0 Å². The Labute approximate surface area is 146 Å². The predicted octanol–water partition coefficient (Wildman–Crippen LogP) is 4.90. The Hall–Kier alpha value is -1.84. The van der Waals surface area contributed by atoms with Gasteiger partial charge in [-0.05, 0) is 25.7 Å². The SMILES string of the molecule is CCCCC/C=C/COC(=O)/C=C\C(=O)OC/C=C/CCCCC. The molecule has 0 radical (unpaired) electrons. The first-order valence-corrected chi connectivity index (χ1v) is 9.02. The lowest BCUT2D eigenvalue weighted by Crippen LogP contribution is -2.04. The zero-order valence-electron chi connectivity index (χ0n) is 15.2. The average molecular weight is 336 g/mol. The van der Waals surface area contributed by atoms with Gasteiger partial charge in [0.1, 0.15) is 13.2 Å². The monoisotopic (exact) mass is 336 g/mol. The maximum Gasteiger partial charge on any atom is 0.331 e. The van der Waals surface area contributed by atoms with E-state index < -0.39 is 11.9 Å². The first-order chi connectivity index (χ1) is 11.7. The highest BCUT2D eigenvalue weighted by Crippen LogP contribution is 2.00. The third-order valence-corrected chi connectivity index (χ3v) is 3.28. The standard InChI is InChI=1S/C20H32O4/c1-3-5-7-9-11-13-17-23-19(21)15-16-20(22)24-18-14-12-10-8-6-4-2/h11-16H,3-10,17-18H2,1-2H3/b13-11+,14-12+,16-15-. The minimum atomic E-state index is -0.541. The van der Waals surface area contributed by atoms with Crippen LogP contribution in [0.3, 0.4) is 0 Å². The van der Waals surface area contributed by atoms with Gasteiger partial charge in [-0.2, -0.15) is 0 Å². The van der Waals surface area contributed by atoms with E-state index in [2.05, 4.69) is 13.8 Å². The largest absolute Gasteiger partial charge is 0.458 e. The molecule has 0 aromatic rings. The number of unbranched alkanes of at least 4 members (excludes halogenated alkanes) is 6. The van der Waals surface area contributed by atoms with Gasteiger partial charge in [0, 0.05) is 12.2 Å². The molecule has 4 heteroatoms. The second-order valence-corrected chi connectivity index (χ2v) is 5.53. The van der Waals surface area contributed by atoms with E-state index in [9.17, 15) is 9.59 Å². The highest BCUT2D eigenvalue weighted by Gasteiger charge is 1.99. The van der Waals surface area contributed by atoms with E-state index >= 15 is 0 Å². The Morgan fingerprint density at radius 1 is 0.667 bits per heavy atom. The summed E-state index contributed by atoms with van der Waals surface area (Å²) in [4.78, 5) is 22.8. The molecule has 4 nitrogen and oxygen atoms in total. The number of rotatable bonds is 14. The molecule has 0 amide bonds. The van der Waals surface area contributed by atoms with E-state index in [4.69, 9.17) is 9.47 Å². The fourth-order valence-corrected chi connectivity index (χ4v) is 1.89. The second-order valence-electron chi connectivity index (χ2n) is 5.53. The van der Waals surface area contributed by atoms with Crippen molar-refractivity contribution < 1.29 is 19.1 Å². The second kappa shape index (κ2) is 17.5. The van der Waals surface area contributed by atoms with E-state index in [0.717, 1.165) is 37.8 Å². The van der Waals surface area contributed by atoms with Gasteiger partial charge in [-0.25, -0.2) is 9.59 Å². The van der Waals surface area contributed by atoms with Gasteiger partial charge in [0.25, 0.3) is 0 Å². The van der Waals surface area contributed by atoms with Crippen LogP contribution in [-0.2, 0) is 19.1 Å². The molecule has 0 aromatic carbocycles. The third-order valence-electron chi connectivity index (χ3n) is 3.28. The van der Waals surface area contributed by atoms with Crippen LogP contribution in [0.4, 0.5) is 0 Å². The zero-order chi connectivity index (χ0) is 17.9. The molecule has 0 bridgehead atoms. The maximum atomic E-state index is 11.4. The van der Waals surface area contributed by atoms with Crippen molar-refractivity contribution >= 4 is 11.9 Å². The molecule has 0 spiro atoms. The lowest BCUT2D eigenvalue weighted by Gasteiger charge is -1.98. The Morgan fingerprint density at radius 2 is 1.08 bits per heavy atom. The van der Waals surface area contributed by atoms with Crippen LogP contribution < -0.4 is 0 Å². The van der Waals surface area contributed by atoms with E-state index in [1.807, 2.05) is 24.3 Å². The van der Waals surface area contributed by atoms with Crippen LogP contribution in [0.25, 0.3) is 0 Å². The molecule has 24 heavy (non-hydrogen) atoms. The molecule has 0 saturated carbocycles. The van der Waals surface area contributed by atoms with E-state index in [0.29, 0.717) is 0 Å². The molecule has 136 valence electrons. The van der Waals surface area contributed by atoms with Crippen molar-refractivity contribution in [2.24, 2.45) is 0 Å². The van der Waals surface area contributed by atoms with Crippen LogP contribution in [0.1, 0.15) is 65.2 Å². The van der Waals surface area contributed by atoms with Crippen LogP contribution >= 0.6 is 0 Å². The van der Waals surface area contributed by atoms with Crippen LogP contribution in [0.2, 0.25) is 0 Å². The summed E-state index contributed by atoms with van der Waals surface area (Å²) >= 11 is 0. The number of carbonyl (C=O) groups is 2. The molecular formula is C20H32O4. The number of ether oxygens (including phenoxy) is 2. The van der Waals surface area contributed by atoms with Crippen molar-refractivity contribution in [2.75, 3.05) is 13.2 Å². The van der Waals surface area contributed by atoms with Crippen molar-refractivity contribution in [2.45, 2.75) is 65.2 Å². The Morgan fingerprint density at radius 3 is 1.46 bits per heavy atom. The van der Waals surface area contributed by atoms with Crippen molar-refractivity contribution in [3.63, 3.8) is 0 Å². The van der Waals surface area contributed by atoms with Crippen molar-refractivity contribution in [3.8, 4) is 0 Å². The normalized spacial score (nSPS) is 11.6. The Kier molecular flexibility index (Phi) is 16.2. The maximum absolute atomic E-state index is 11.4. The van der Waals surface area contributed by atoms with Crippen LogP contribution in [0.5, 0.6) is 0 Å². The molecular weight excluding hydrogens is 304 g/mol. The molecule has 0 heterocycles. The quantitative estimate of drug-likeness (QED) is 0.196. The molecule has 0 aromatic heterocycles. The first kappa shape index (κ1) is 22.2. The lowest BCUT2D eigenvalue weighted by molar-refractivity contribution is -0.139. The molecule has 0 atom stereocenters. The molecule has 0 N–H and O–H groups in total. The molecule has 0 aliphatic carbocycles. The van der Waals surface area contributed by atoms with E-state index in [-0.39, 0.29) is 13.2 Å². The van der Waals surface area contributed by atoms with Crippen LogP contribution in [0.15, 0.2) is 36.5 Å².